The number of hydrogen-bond acceptors (Lipinski definition) is 2. The van der Waals surface area contributed by atoms with Crippen LogP contribution in [0.15, 0.2) is 54.1 Å². The van der Waals surface area contributed by atoms with Crippen molar-refractivity contribution in [1.29, 1.82) is 0 Å². The average Bonchev–Trinajstić information content (AvgIpc) is 2.89. The van der Waals surface area contributed by atoms with Crippen LogP contribution >= 0.6 is 11.3 Å². The number of hydrogen-bond donors (Lipinski definition) is 0. The van der Waals surface area contributed by atoms with Crippen molar-refractivity contribution in [1.82, 2.24) is 0 Å². The summed E-state index contributed by atoms with van der Waals surface area (Å²) in [6.45, 7) is 1.06. The Bertz CT molecular complexity index is 513. The molecule has 1 nitrogen and oxygen atoms in total. The van der Waals surface area contributed by atoms with E-state index < -0.39 is 0 Å². The topological polar surface area (TPSA) is 3.24 Å². The first-order valence-electron chi connectivity index (χ1n) is 5.97. The second-order valence-corrected chi connectivity index (χ2v) is 5.27. The monoisotopic (exact) mass is 241 g/mol. The first kappa shape index (κ1) is 10.6. The number of benzene rings is 1. The van der Waals surface area contributed by atoms with E-state index in [4.69, 9.17) is 0 Å². The molecule has 1 aliphatic heterocycles. The van der Waals surface area contributed by atoms with Crippen molar-refractivity contribution in [2.45, 2.75) is 12.8 Å². The van der Waals surface area contributed by atoms with E-state index in [0.717, 1.165) is 19.4 Å². The fourth-order valence-electron chi connectivity index (χ4n) is 2.23. The average molecular weight is 241 g/mol. The number of fused-ring (bicyclic) bond motifs is 1. The Kier molecular flexibility index (Phi) is 2.97. The van der Waals surface area contributed by atoms with Gasteiger partial charge in [0.15, 0.2) is 0 Å². The van der Waals surface area contributed by atoms with Gasteiger partial charge in [-0.05, 0) is 35.9 Å². The van der Waals surface area contributed by atoms with Gasteiger partial charge in [0.2, 0.25) is 0 Å². The largest absolute Gasteiger partial charge is 0.348 e. The smallest absolute Gasteiger partial charge is 0.0441 e. The van der Waals surface area contributed by atoms with Crippen molar-refractivity contribution in [2.75, 3.05) is 11.4 Å². The first-order chi connectivity index (χ1) is 8.43. The predicted molar refractivity (Wildman–Crippen MR) is 74.7 cm³/mol. The highest BCUT2D eigenvalue weighted by molar-refractivity contribution is 7.09. The lowest BCUT2D eigenvalue weighted by Gasteiger charge is -2.26. The van der Waals surface area contributed by atoms with Crippen molar-refractivity contribution in [3.05, 3.63) is 64.5 Å². The van der Waals surface area contributed by atoms with Crippen molar-refractivity contribution < 1.29 is 0 Å². The summed E-state index contributed by atoms with van der Waals surface area (Å²) in [5.41, 5.74) is 2.80. The maximum atomic E-state index is 2.36. The second kappa shape index (κ2) is 4.76. The number of para-hydroxylation sites is 1. The Hall–Kier alpha value is -1.54. The van der Waals surface area contributed by atoms with E-state index in [1.54, 1.807) is 0 Å². The molecule has 0 atom stereocenters. The number of thiophene rings is 1. The van der Waals surface area contributed by atoms with Crippen molar-refractivity contribution in [3.63, 3.8) is 0 Å². The maximum Gasteiger partial charge on any atom is 0.0441 e. The van der Waals surface area contributed by atoms with Gasteiger partial charge < -0.3 is 4.90 Å². The quantitative estimate of drug-likeness (QED) is 0.788. The molecule has 0 saturated carbocycles. The molecule has 2 aromatic rings. The lowest BCUT2D eigenvalue weighted by atomic mass is 10.1. The van der Waals surface area contributed by atoms with Crippen LogP contribution in [0.1, 0.15) is 10.4 Å². The summed E-state index contributed by atoms with van der Waals surface area (Å²) in [5, 5.41) is 2.15. The normalized spacial score (nSPS) is 13.8. The molecule has 1 aromatic heterocycles. The van der Waals surface area contributed by atoms with Crippen LogP contribution in [0.5, 0.6) is 0 Å². The molecule has 1 aromatic carbocycles. The Labute approximate surface area is 106 Å². The SMILES string of the molecule is C1=CN(CCc2cccs2)c2ccccc2C1. The molecule has 0 N–H and O–H groups in total. The van der Waals surface area contributed by atoms with Crippen LogP contribution in [-0.4, -0.2) is 6.54 Å². The Balaban J connectivity index is 1.75. The molecule has 0 amide bonds. The molecule has 86 valence electrons. The number of nitrogens with zero attached hydrogens (tertiary/aromatic N) is 1. The van der Waals surface area contributed by atoms with Gasteiger partial charge in [0.05, 0.1) is 0 Å². The molecule has 2 heteroatoms. The molecule has 0 bridgehead atoms. The number of allylic oxidation sites excluding steroid dienone is 1. The van der Waals surface area contributed by atoms with Crippen molar-refractivity contribution in [2.24, 2.45) is 0 Å². The van der Waals surface area contributed by atoms with E-state index in [9.17, 15) is 0 Å². The van der Waals surface area contributed by atoms with E-state index in [1.165, 1.54) is 16.1 Å². The van der Waals surface area contributed by atoms with Gasteiger partial charge in [0.1, 0.15) is 0 Å². The summed E-state index contributed by atoms with van der Waals surface area (Å²) < 4.78 is 0. The summed E-state index contributed by atoms with van der Waals surface area (Å²) in [5.74, 6) is 0. The van der Waals surface area contributed by atoms with E-state index in [-0.39, 0.29) is 0 Å². The molecule has 0 radical (unpaired) electrons. The van der Waals surface area contributed by atoms with Gasteiger partial charge in [-0.25, -0.2) is 0 Å². The van der Waals surface area contributed by atoms with Gasteiger partial charge in [-0.2, -0.15) is 0 Å². The van der Waals surface area contributed by atoms with Gasteiger partial charge in [-0.1, -0.05) is 30.3 Å². The lowest BCUT2D eigenvalue weighted by molar-refractivity contribution is 0.898. The summed E-state index contributed by atoms with van der Waals surface area (Å²) in [6.07, 6.45) is 6.65. The zero-order valence-electron chi connectivity index (χ0n) is 9.67. The van der Waals surface area contributed by atoms with Gasteiger partial charge in [-0.3, -0.25) is 0 Å². The Morgan fingerprint density at radius 3 is 2.94 bits per heavy atom. The number of anilines is 1. The zero-order valence-corrected chi connectivity index (χ0v) is 10.5. The van der Waals surface area contributed by atoms with E-state index in [1.807, 2.05) is 11.3 Å². The van der Waals surface area contributed by atoms with E-state index >= 15 is 0 Å². The molecule has 0 unspecified atom stereocenters. The fourth-order valence-corrected chi connectivity index (χ4v) is 2.93. The van der Waals surface area contributed by atoms with Gasteiger partial charge in [0, 0.05) is 23.3 Å². The van der Waals surface area contributed by atoms with Gasteiger partial charge in [-0.15, -0.1) is 11.3 Å². The molecule has 3 rings (SSSR count). The molecule has 1 aliphatic rings. The third kappa shape index (κ3) is 2.27. The molecule has 17 heavy (non-hydrogen) atoms. The van der Waals surface area contributed by atoms with Crippen LogP contribution < -0.4 is 4.90 Å². The van der Waals surface area contributed by atoms with Gasteiger partial charge in [0.25, 0.3) is 0 Å². The van der Waals surface area contributed by atoms with Crippen LogP contribution in [0.25, 0.3) is 0 Å². The summed E-state index contributed by atoms with van der Waals surface area (Å²) in [7, 11) is 0. The summed E-state index contributed by atoms with van der Waals surface area (Å²) in [6, 6.07) is 13.0. The highest BCUT2D eigenvalue weighted by Crippen LogP contribution is 2.25. The molecular formula is C15H15NS. The van der Waals surface area contributed by atoms with Gasteiger partial charge >= 0.3 is 0 Å². The third-order valence-corrected chi connectivity index (χ3v) is 4.04. The minimum Gasteiger partial charge on any atom is -0.348 e. The summed E-state index contributed by atoms with van der Waals surface area (Å²) in [4.78, 5) is 3.82. The van der Waals surface area contributed by atoms with Crippen LogP contribution in [0.4, 0.5) is 5.69 Å². The standard InChI is InChI=1S/C15H15NS/c1-2-8-15-13(5-1)6-3-10-16(15)11-9-14-7-4-12-17-14/h1-5,7-8,10,12H,6,9,11H2. The maximum absolute atomic E-state index is 2.36. The van der Waals surface area contributed by atoms with E-state index in [2.05, 4.69) is 59.0 Å². The van der Waals surface area contributed by atoms with Crippen LogP contribution in [0.2, 0.25) is 0 Å². The number of rotatable bonds is 3. The minimum absolute atomic E-state index is 1.06. The second-order valence-electron chi connectivity index (χ2n) is 4.24. The molecule has 2 heterocycles. The van der Waals surface area contributed by atoms with Crippen LogP contribution in [0, 0.1) is 0 Å². The van der Waals surface area contributed by atoms with Crippen molar-refractivity contribution >= 4 is 17.0 Å². The Morgan fingerprint density at radius 2 is 2.06 bits per heavy atom. The summed E-state index contributed by atoms with van der Waals surface area (Å²) >= 11 is 1.84. The fraction of sp³-hybridized carbons (Fsp3) is 0.200. The first-order valence-corrected chi connectivity index (χ1v) is 6.85. The highest BCUT2D eigenvalue weighted by atomic mass is 32.1. The zero-order chi connectivity index (χ0) is 11.5. The predicted octanol–water partition coefficient (Wildman–Crippen LogP) is 3.87. The molecule has 0 saturated heterocycles. The highest BCUT2D eigenvalue weighted by Gasteiger charge is 2.11. The Morgan fingerprint density at radius 1 is 1.12 bits per heavy atom. The third-order valence-electron chi connectivity index (χ3n) is 3.10. The molecule has 0 fully saturated rings. The minimum atomic E-state index is 1.06. The lowest BCUT2D eigenvalue weighted by Crippen LogP contribution is -2.22. The van der Waals surface area contributed by atoms with Crippen molar-refractivity contribution in [3.8, 4) is 0 Å². The van der Waals surface area contributed by atoms with Crippen LogP contribution in [0.3, 0.4) is 0 Å². The van der Waals surface area contributed by atoms with E-state index in [0.29, 0.717) is 0 Å². The molecule has 0 aliphatic carbocycles. The van der Waals surface area contributed by atoms with Crippen LogP contribution in [-0.2, 0) is 12.8 Å². The molecule has 0 spiro atoms. The molecular weight excluding hydrogens is 226 g/mol.